The predicted molar refractivity (Wildman–Crippen MR) is 66.2 cm³/mol. The second-order valence-electron chi connectivity index (χ2n) is 4.76. The van der Waals surface area contributed by atoms with Crippen LogP contribution in [-0.4, -0.2) is 17.9 Å². The van der Waals surface area contributed by atoms with Gasteiger partial charge in [0.05, 0.1) is 13.3 Å². The average molecular weight is 233 g/mol. The molecule has 0 radical (unpaired) electrons. The molecule has 1 aliphatic rings. The van der Waals surface area contributed by atoms with E-state index >= 15 is 0 Å². The van der Waals surface area contributed by atoms with E-state index < -0.39 is 0 Å². The number of hydrogen-bond acceptors (Lipinski definition) is 3. The molecule has 0 amide bonds. The van der Waals surface area contributed by atoms with Gasteiger partial charge >= 0.3 is 0 Å². The Balaban J connectivity index is 2.09. The van der Waals surface area contributed by atoms with Crippen molar-refractivity contribution in [2.75, 3.05) is 7.11 Å². The van der Waals surface area contributed by atoms with E-state index in [0.717, 1.165) is 18.8 Å². The molecule has 0 bridgehead atoms. The lowest BCUT2D eigenvalue weighted by molar-refractivity contribution is 0.0919. The third-order valence-corrected chi connectivity index (χ3v) is 3.72. The van der Waals surface area contributed by atoms with E-state index in [0.29, 0.717) is 11.3 Å². The molecule has 0 saturated heterocycles. The van der Waals surface area contributed by atoms with Crippen molar-refractivity contribution in [1.82, 2.24) is 4.98 Å². The Morgan fingerprint density at radius 2 is 2.29 bits per heavy atom. The molecule has 0 N–H and O–H groups in total. The first-order valence-corrected chi connectivity index (χ1v) is 6.27. The third-order valence-electron chi connectivity index (χ3n) is 3.72. The highest BCUT2D eigenvalue weighted by molar-refractivity contribution is 5.98. The Morgan fingerprint density at radius 1 is 1.47 bits per heavy atom. The van der Waals surface area contributed by atoms with Gasteiger partial charge in [-0.25, -0.2) is 0 Å². The monoisotopic (exact) mass is 233 g/mol. The van der Waals surface area contributed by atoms with Gasteiger partial charge in [-0.15, -0.1) is 0 Å². The Morgan fingerprint density at radius 3 is 2.94 bits per heavy atom. The van der Waals surface area contributed by atoms with Crippen molar-refractivity contribution in [2.45, 2.75) is 32.6 Å². The molecule has 2 unspecified atom stereocenters. The first-order chi connectivity index (χ1) is 8.24. The SMILES string of the molecule is CCC1CCC(C(=O)c2cncc(OC)c2)C1. The minimum absolute atomic E-state index is 0.189. The summed E-state index contributed by atoms with van der Waals surface area (Å²) in [5.41, 5.74) is 0.686. The minimum Gasteiger partial charge on any atom is -0.495 e. The van der Waals surface area contributed by atoms with E-state index in [2.05, 4.69) is 11.9 Å². The zero-order chi connectivity index (χ0) is 12.3. The van der Waals surface area contributed by atoms with E-state index in [4.69, 9.17) is 4.74 Å². The quantitative estimate of drug-likeness (QED) is 0.750. The Bertz CT molecular complexity index is 403. The lowest BCUT2D eigenvalue weighted by atomic mass is 9.95. The second kappa shape index (κ2) is 5.30. The molecule has 0 aromatic carbocycles. The molecule has 0 aliphatic heterocycles. The lowest BCUT2D eigenvalue weighted by Crippen LogP contribution is -2.12. The molecule has 2 rings (SSSR count). The number of ketones is 1. The van der Waals surface area contributed by atoms with Crippen molar-refractivity contribution >= 4 is 5.78 Å². The van der Waals surface area contributed by atoms with Crippen molar-refractivity contribution < 1.29 is 9.53 Å². The number of ether oxygens (including phenoxy) is 1. The van der Waals surface area contributed by atoms with E-state index in [1.165, 1.54) is 12.8 Å². The summed E-state index contributed by atoms with van der Waals surface area (Å²) in [4.78, 5) is 16.3. The fraction of sp³-hybridized carbons (Fsp3) is 0.571. The van der Waals surface area contributed by atoms with Crippen LogP contribution in [0.5, 0.6) is 5.75 Å². The highest BCUT2D eigenvalue weighted by Gasteiger charge is 2.29. The van der Waals surface area contributed by atoms with Crippen molar-refractivity contribution in [2.24, 2.45) is 11.8 Å². The molecule has 1 aliphatic carbocycles. The van der Waals surface area contributed by atoms with Crippen molar-refractivity contribution in [1.29, 1.82) is 0 Å². The maximum absolute atomic E-state index is 12.3. The van der Waals surface area contributed by atoms with Crippen LogP contribution in [0.4, 0.5) is 0 Å². The fourth-order valence-corrected chi connectivity index (χ4v) is 2.58. The third kappa shape index (κ3) is 2.65. The van der Waals surface area contributed by atoms with Crippen molar-refractivity contribution in [3.8, 4) is 5.75 Å². The largest absolute Gasteiger partial charge is 0.495 e. The molecule has 1 heterocycles. The smallest absolute Gasteiger partial charge is 0.167 e. The molecule has 3 nitrogen and oxygen atoms in total. The van der Waals surface area contributed by atoms with Gasteiger partial charge in [-0.1, -0.05) is 13.3 Å². The van der Waals surface area contributed by atoms with Crippen LogP contribution in [0, 0.1) is 11.8 Å². The number of methoxy groups -OCH3 is 1. The van der Waals surface area contributed by atoms with Crippen molar-refractivity contribution in [3.63, 3.8) is 0 Å². The molecule has 1 fully saturated rings. The van der Waals surface area contributed by atoms with Gasteiger partial charge in [0.15, 0.2) is 5.78 Å². The number of Topliss-reactive ketones (excluding diaryl/α,β-unsaturated/α-hetero) is 1. The van der Waals surface area contributed by atoms with Crippen LogP contribution >= 0.6 is 0 Å². The first-order valence-electron chi connectivity index (χ1n) is 6.27. The lowest BCUT2D eigenvalue weighted by Gasteiger charge is -2.09. The van der Waals surface area contributed by atoms with Gasteiger partial charge < -0.3 is 4.74 Å². The zero-order valence-corrected chi connectivity index (χ0v) is 10.5. The van der Waals surface area contributed by atoms with Gasteiger partial charge in [-0.2, -0.15) is 0 Å². The number of hydrogen-bond donors (Lipinski definition) is 0. The summed E-state index contributed by atoms with van der Waals surface area (Å²) < 4.78 is 5.10. The average Bonchev–Trinajstić information content (AvgIpc) is 2.86. The van der Waals surface area contributed by atoms with Crippen LogP contribution in [0.2, 0.25) is 0 Å². The number of rotatable bonds is 4. The highest BCUT2D eigenvalue weighted by atomic mass is 16.5. The maximum atomic E-state index is 12.3. The maximum Gasteiger partial charge on any atom is 0.167 e. The van der Waals surface area contributed by atoms with Gasteiger partial charge in [0.1, 0.15) is 5.75 Å². The number of nitrogens with zero attached hydrogens (tertiary/aromatic N) is 1. The Kier molecular flexibility index (Phi) is 3.77. The van der Waals surface area contributed by atoms with Gasteiger partial charge in [0, 0.05) is 17.7 Å². The van der Waals surface area contributed by atoms with Crippen LogP contribution < -0.4 is 4.74 Å². The van der Waals surface area contributed by atoms with E-state index in [9.17, 15) is 4.79 Å². The van der Waals surface area contributed by atoms with Crippen LogP contribution in [0.15, 0.2) is 18.5 Å². The normalized spacial score (nSPS) is 23.6. The summed E-state index contributed by atoms with van der Waals surface area (Å²) in [7, 11) is 1.59. The first kappa shape index (κ1) is 12.1. The van der Waals surface area contributed by atoms with E-state index in [1.807, 2.05) is 0 Å². The van der Waals surface area contributed by atoms with E-state index in [-0.39, 0.29) is 11.7 Å². The van der Waals surface area contributed by atoms with Crippen LogP contribution in [0.25, 0.3) is 0 Å². The summed E-state index contributed by atoms with van der Waals surface area (Å²) in [6.07, 6.45) is 7.69. The molecule has 3 heteroatoms. The molecule has 1 saturated carbocycles. The number of aromatic nitrogens is 1. The Hall–Kier alpha value is -1.38. The number of pyridine rings is 1. The molecule has 92 valence electrons. The zero-order valence-electron chi connectivity index (χ0n) is 10.5. The minimum atomic E-state index is 0.189. The molecular formula is C14H19NO2. The van der Waals surface area contributed by atoms with Gasteiger partial charge in [0.2, 0.25) is 0 Å². The summed E-state index contributed by atoms with van der Waals surface area (Å²) in [5.74, 6) is 1.80. The van der Waals surface area contributed by atoms with Crippen LogP contribution in [0.3, 0.4) is 0 Å². The summed E-state index contributed by atoms with van der Waals surface area (Å²) in [5, 5.41) is 0. The summed E-state index contributed by atoms with van der Waals surface area (Å²) in [6.45, 7) is 2.20. The topological polar surface area (TPSA) is 39.2 Å². The molecule has 1 aromatic rings. The van der Waals surface area contributed by atoms with Crippen molar-refractivity contribution in [3.05, 3.63) is 24.0 Å². The van der Waals surface area contributed by atoms with Gasteiger partial charge in [-0.3, -0.25) is 9.78 Å². The molecule has 0 spiro atoms. The molecule has 17 heavy (non-hydrogen) atoms. The van der Waals surface area contributed by atoms with Gasteiger partial charge in [-0.05, 0) is 31.2 Å². The van der Waals surface area contributed by atoms with Gasteiger partial charge in [0.25, 0.3) is 0 Å². The Labute approximate surface area is 102 Å². The molecule has 1 aromatic heterocycles. The van der Waals surface area contributed by atoms with Crippen LogP contribution in [0.1, 0.15) is 43.0 Å². The number of carbonyl (C=O) groups is 1. The summed E-state index contributed by atoms with van der Waals surface area (Å²) >= 11 is 0. The summed E-state index contributed by atoms with van der Waals surface area (Å²) in [6, 6.07) is 1.79. The standard InChI is InChI=1S/C14H19NO2/c1-3-10-4-5-11(6-10)14(16)12-7-13(17-2)9-15-8-12/h7-11H,3-6H2,1-2H3. The van der Waals surface area contributed by atoms with E-state index in [1.54, 1.807) is 25.6 Å². The highest BCUT2D eigenvalue weighted by Crippen LogP contribution is 2.35. The number of carbonyl (C=O) groups excluding carboxylic acids is 1. The fourth-order valence-electron chi connectivity index (χ4n) is 2.58. The molecular weight excluding hydrogens is 214 g/mol. The molecule has 2 atom stereocenters. The predicted octanol–water partition coefficient (Wildman–Crippen LogP) is 3.10. The van der Waals surface area contributed by atoms with Crippen LogP contribution in [-0.2, 0) is 0 Å². The second-order valence-corrected chi connectivity index (χ2v) is 4.76.